The van der Waals surface area contributed by atoms with Crippen LogP contribution in [0.15, 0.2) is 0 Å². The van der Waals surface area contributed by atoms with Gasteiger partial charge >= 0.3 is 0 Å². The highest BCUT2D eigenvalue weighted by Crippen LogP contribution is 1.96. The van der Waals surface area contributed by atoms with Crippen molar-refractivity contribution in [2.45, 2.75) is 19.7 Å². The fourth-order valence-electron chi connectivity index (χ4n) is 0. The van der Waals surface area contributed by atoms with E-state index in [-0.39, 0.29) is 0 Å². The molecule has 0 aliphatic heterocycles. The molecule has 2 heteroatoms. The second-order valence-electron chi connectivity index (χ2n) is 1.58. The second kappa shape index (κ2) is 2.64. The Morgan fingerprint density at radius 2 is 1.80 bits per heavy atom. The van der Waals surface area contributed by atoms with Crippen molar-refractivity contribution in [3.8, 4) is 0 Å². The monoisotopic (exact) mass is 88.1 g/mol. The van der Waals surface area contributed by atoms with Crippen LogP contribution >= 0.6 is 12.5 Å². The molecule has 30 valence electrons. The molecule has 0 nitrogen and oxygen atoms in total. The molecular weight excluding hydrogens is 78.9 g/mol. The minimum absolute atomic E-state index is 0.748. The van der Waals surface area contributed by atoms with E-state index in [0.717, 1.165) is 12.4 Å². The number of thiol groups is 1. The van der Waals surface area contributed by atoms with Crippen molar-refractivity contribution in [3.63, 3.8) is 0 Å². The summed E-state index contributed by atoms with van der Waals surface area (Å²) < 4.78 is 0. The van der Waals surface area contributed by atoms with Gasteiger partial charge in [0.1, 0.15) is 0 Å². The quantitative estimate of drug-likeness (QED) is 0.360. The van der Waals surface area contributed by atoms with Crippen molar-refractivity contribution >= 4 is 19.0 Å². The van der Waals surface area contributed by atoms with Crippen LogP contribution in [-0.4, -0.2) is 6.56 Å². The average Bonchev–Trinajstić information content (AvgIpc) is 1.38. The van der Waals surface area contributed by atoms with Gasteiger partial charge in [-0.2, -0.15) is 0 Å². The molecule has 0 rings (SSSR count). The number of rotatable bonds is 1. The lowest BCUT2D eigenvalue weighted by Crippen LogP contribution is -1.80. The molecule has 0 radical (unpaired) electrons. The van der Waals surface area contributed by atoms with Crippen LogP contribution in [0.4, 0.5) is 0 Å². The molecule has 0 unspecified atom stereocenters. The van der Waals surface area contributed by atoms with Gasteiger partial charge in [0.15, 0.2) is 6.56 Å². The summed E-state index contributed by atoms with van der Waals surface area (Å²) in [5.74, 6) is 0.748. The highest BCUT2D eigenvalue weighted by Gasteiger charge is 1.84. The standard InChI is InChI=1S/C3H9BS/c1-3(2)4-5/h3-5H,1-2H3. The van der Waals surface area contributed by atoms with Gasteiger partial charge in [0.05, 0.1) is 0 Å². The average molecular weight is 88.0 g/mol. The molecule has 0 aromatic heterocycles. The van der Waals surface area contributed by atoms with Crippen LogP contribution in [0.25, 0.3) is 0 Å². The Morgan fingerprint density at radius 1 is 1.60 bits per heavy atom. The summed E-state index contributed by atoms with van der Waals surface area (Å²) >= 11 is 4.02. The highest BCUT2D eigenvalue weighted by atomic mass is 32.1. The Morgan fingerprint density at radius 3 is 1.80 bits per heavy atom. The van der Waals surface area contributed by atoms with Crippen LogP contribution in [0, 0.1) is 0 Å². The summed E-state index contributed by atoms with van der Waals surface area (Å²) in [6.45, 7) is 5.29. The number of hydrogen-bond donors (Lipinski definition) is 1. The van der Waals surface area contributed by atoms with Gasteiger partial charge in [-0.3, -0.25) is 0 Å². The maximum Gasteiger partial charge on any atom is 0.190 e. The predicted octanol–water partition coefficient (Wildman–Crippen LogP) is 1.10. The van der Waals surface area contributed by atoms with Crippen LogP contribution < -0.4 is 0 Å². The Hall–Kier alpha value is 0.415. The van der Waals surface area contributed by atoms with Crippen LogP contribution in [0.1, 0.15) is 13.8 Å². The van der Waals surface area contributed by atoms with Crippen molar-refractivity contribution in [3.05, 3.63) is 0 Å². The summed E-state index contributed by atoms with van der Waals surface area (Å²) in [6, 6.07) is 0. The van der Waals surface area contributed by atoms with E-state index in [1.54, 1.807) is 0 Å². The normalized spacial score (nSPS) is 8.80. The van der Waals surface area contributed by atoms with Crippen LogP contribution in [-0.2, 0) is 0 Å². The zero-order valence-electron chi connectivity index (χ0n) is 3.73. The molecule has 0 fully saturated rings. The zero-order chi connectivity index (χ0) is 4.28. The molecule has 0 heterocycles. The van der Waals surface area contributed by atoms with Gasteiger partial charge in [0, 0.05) is 0 Å². The van der Waals surface area contributed by atoms with Gasteiger partial charge in [-0.25, -0.2) is 12.5 Å². The fourth-order valence-corrected chi connectivity index (χ4v) is 0. The topological polar surface area (TPSA) is 0 Å². The third-order valence-electron chi connectivity index (χ3n) is 0.365. The molecule has 0 aromatic carbocycles. The van der Waals surface area contributed by atoms with Gasteiger partial charge in [-0.15, -0.1) is 0 Å². The Balaban J connectivity index is 2.54. The molecule has 0 saturated heterocycles. The lowest BCUT2D eigenvalue weighted by molar-refractivity contribution is 1.07. The van der Waals surface area contributed by atoms with Crippen molar-refractivity contribution < 1.29 is 0 Å². The van der Waals surface area contributed by atoms with E-state index < -0.39 is 0 Å². The van der Waals surface area contributed by atoms with Crippen LogP contribution in [0.5, 0.6) is 0 Å². The first-order valence-electron chi connectivity index (χ1n) is 1.88. The van der Waals surface area contributed by atoms with Gasteiger partial charge < -0.3 is 0 Å². The molecular formula is C3H9BS. The Labute approximate surface area is 39.5 Å². The molecule has 0 aliphatic carbocycles. The van der Waals surface area contributed by atoms with E-state index >= 15 is 0 Å². The first-order valence-corrected chi connectivity index (χ1v) is 2.51. The maximum absolute atomic E-state index is 4.02. The van der Waals surface area contributed by atoms with Crippen LogP contribution in [0.3, 0.4) is 0 Å². The minimum atomic E-state index is 0.748. The van der Waals surface area contributed by atoms with E-state index in [9.17, 15) is 0 Å². The van der Waals surface area contributed by atoms with E-state index in [2.05, 4.69) is 26.3 Å². The second-order valence-corrected chi connectivity index (χ2v) is 1.94. The van der Waals surface area contributed by atoms with Crippen LogP contribution in [0.2, 0.25) is 5.82 Å². The lowest BCUT2D eigenvalue weighted by Gasteiger charge is -1.87. The molecule has 0 atom stereocenters. The summed E-state index contributed by atoms with van der Waals surface area (Å²) in [5, 5.41) is 0. The van der Waals surface area contributed by atoms with Gasteiger partial charge in [-0.1, -0.05) is 19.7 Å². The van der Waals surface area contributed by atoms with Gasteiger partial charge in [0.25, 0.3) is 0 Å². The molecule has 0 saturated carbocycles. The van der Waals surface area contributed by atoms with Crippen molar-refractivity contribution in [2.24, 2.45) is 0 Å². The summed E-state index contributed by atoms with van der Waals surface area (Å²) in [6.07, 6.45) is 0. The first kappa shape index (κ1) is 5.41. The molecule has 5 heavy (non-hydrogen) atoms. The summed E-state index contributed by atoms with van der Waals surface area (Å²) in [7, 11) is 0. The molecule has 0 spiro atoms. The minimum Gasteiger partial charge on any atom is -0.231 e. The SMILES string of the molecule is CC(C)BS. The predicted molar refractivity (Wildman–Crippen MR) is 31.2 cm³/mol. The number of hydrogen-bond acceptors (Lipinski definition) is 1. The molecule has 0 amide bonds. The first-order chi connectivity index (χ1) is 2.27. The van der Waals surface area contributed by atoms with Crippen molar-refractivity contribution in [1.29, 1.82) is 0 Å². The molecule has 0 bridgehead atoms. The fraction of sp³-hybridized carbons (Fsp3) is 1.00. The van der Waals surface area contributed by atoms with Crippen molar-refractivity contribution in [1.82, 2.24) is 0 Å². The Bertz CT molecular complexity index is 20.9. The van der Waals surface area contributed by atoms with E-state index in [1.165, 1.54) is 0 Å². The smallest absolute Gasteiger partial charge is 0.190 e. The van der Waals surface area contributed by atoms with E-state index in [4.69, 9.17) is 0 Å². The van der Waals surface area contributed by atoms with Gasteiger partial charge in [-0.05, 0) is 0 Å². The molecule has 0 aromatic rings. The third-order valence-corrected chi connectivity index (χ3v) is 1.10. The summed E-state index contributed by atoms with van der Waals surface area (Å²) in [4.78, 5) is 0. The largest absolute Gasteiger partial charge is 0.231 e. The summed E-state index contributed by atoms with van der Waals surface area (Å²) in [5.41, 5.74) is 0. The lowest BCUT2D eigenvalue weighted by atomic mass is 9.90. The highest BCUT2D eigenvalue weighted by molar-refractivity contribution is 8.06. The maximum atomic E-state index is 4.02. The van der Waals surface area contributed by atoms with Crippen molar-refractivity contribution in [2.75, 3.05) is 0 Å². The zero-order valence-corrected chi connectivity index (χ0v) is 4.63. The molecule has 0 N–H and O–H groups in total. The van der Waals surface area contributed by atoms with E-state index in [1.807, 2.05) is 0 Å². The molecule has 0 aliphatic rings. The third kappa shape index (κ3) is 4.41. The Kier molecular flexibility index (Phi) is 2.86. The van der Waals surface area contributed by atoms with Gasteiger partial charge in [0.2, 0.25) is 0 Å². The van der Waals surface area contributed by atoms with E-state index in [0.29, 0.717) is 0 Å².